The molecule has 0 amide bonds. The van der Waals surface area contributed by atoms with Crippen LogP contribution in [0.15, 0.2) is 48.7 Å². The Hall–Kier alpha value is -2.30. The second-order valence-corrected chi connectivity index (χ2v) is 3.47. The number of carbonyl (C=O) groups is 1. The average Bonchev–Trinajstić information content (AvgIpc) is 2.40. The van der Waals surface area contributed by atoms with Gasteiger partial charge in [-0.05, 0) is 18.2 Å². The molecule has 5 heteroatoms. The Kier molecular flexibility index (Phi) is 3.62. The van der Waals surface area contributed by atoms with Crippen molar-refractivity contribution >= 4 is 5.78 Å². The van der Waals surface area contributed by atoms with Crippen molar-refractivity contribution in [2.75, 3.05) is 0 Å². The number of ether oxygens (including phenoxy) is 1. The number of para-hydroxylation sites is 1. The van der Waals surface area contributed by atoms with Gasteiger partial charge in [0.2, 0.25) is 11.7 Å². The van der Waals surface area contributed by atoms with Crippen LogP contribution >= 0.6 is 0 Å². The number of nitrogens with zero attached hydrogens (tertiary/aromatic N) is 1. The van der Waals surface area contributed by atoms with Crippen LogP contribution in [0, 0.1) is 0 Å². The largest absolute Gasteiger partial charge is 0.439 e. The zero-order valence-corrected chi connectivity index (χ0v) is 9.22. The maximum atomic E-state index is 12.2. The highest BCUT2D eigenvalue weighted by atomic mass is 19.3. The molecule has 2 rings (SSSR count). The van der Waals surface area contributed by atoms with E-state index in [4.69, 9.17) is 4.74 Å². The van der Waals surface area contributed by atoms with Crippen molar-refractivity contribution < 1.29 is 18.3 Å². The van der Waals surface area contributed by atoms with Gasteiger partial charge in [-0.3, -0.25) is 4.79 Å². The summed E-state index contributed by atoms with van der Waals surface area (Å²) < 4.78 is 29.7. The van der Waals surface area contributed by atoms with Crippen molar-refractivity contribution in [1.82, 2.24) is 4.98 Å². The van der Waals surface area contributed by atoms with E-state index in [2.05, 4.69) is 4.98 Å². The van der Waals surface area contributed by atoms with Gasteiger partial charge < -0.3 is 4.74 Å². The van der Waals surface area contributed by atoms with E-state index in [0.717, 1.165) is 6.20 Å². The fourth-order valence-corrected chi connectivity index (χ4v) is 1.32. The van der Waals surface area contributed by atoms with E-state index < -0.39 is 12.2 Å². The van der Waals surface area contributed by atoms with Gasteiger partial charge in [0, 0.05) is 17.8 Å². The Bertz CT molecular complexity index is 526. The van der Waals surface area contributed by atoms with Crippen molar-refractivity contribution in [3.63, 3.8) is 0 Å². The number of carbonyl (C=O) groups excluding carboxylic acids is 1. The molecule has 2 aromatic rings. The first-order valence-electron chi connectivity index (χ1n) is 5.18. The molecule has 0 aliphatic carbocycles. The first kappa shape index (κ1) is 12.2. The van der Waals surface area contributed by atoms with Crippen molar-refractivity contribution in [2.45, 2.75) is 6.43 Å². The lowest BCUT2D eigenvalue weighted by Gasteiger charge is -2.04. The van der Waals surface area contributed by atoms with E-state index >= 15 is 0 Å². The van der Waals surface area contributed by atoms with Crippen LogP contribution in [0.5, 0.6) is 11.6 Å². The lowest BCUT2D eigenvalue weighted by molar-refractivity contribution is 0.0678. The number of halogens is 2. The molecule has 3 nitrogen and oxygen atoms in total. The van der Waals surface area contributed by atoms with E-state index in [1.165, 1.54) is 12.1 Å². The van der Waals surface area contributed by atoms with Crippen LogP contribution in [0.2, 0.25) is 0 Å². The molecule has 0 saturated carbocycles. The number of rotatable bonds is 4. The first-order valence-corrected chi connectivity index (χ1v) is 5.18. The number of hydrogen-bond donors (Lipinski definition) is 0. The van der Waals surface area contributed by atoms with Crippen molar-refractivity contribution in [2.24, 2.45) is 0 Å². The average molecular weight is 249 g/mol. The summed E-state index contributed by atoms with van der Waals surface area (Å²) in [5, 5.41) is 0. The summed E-state index contributed by atoms with van der Waals surface area (Å²) in [6.07, 6.45) is -1.94. The van der Waals surface area contributed by atoms with E-state index in [1.807, 2.05) is 6.07 Å². The lowest BCUT2D eigenvalue weighted by Crippen LogP contribution is -2.10. The summed E-state index contributed by atoms with van der Waals surface area (Å²) >= 11 is 0. The van der Waals surface area contributed by atoms with Crippen molar-refractivity contribution in [1.29, 1.82) is 0 Å². The van der Waals surface area contributed by atoms with Crippen LogP contribution < -0.4 is 4.74 Å². The number of alkyl halides is 2. The Morgan fingerprint density at radius 2 is 1.83 bits per heavy atom. The molecule has 0 saturated heterocycles. The monoisotopic (exact) mass is 249 g/mol. The molecule has 0 aliphatic rings. The minimum absolute atomic E-state index is 0.134. The third kappa shape index (κ3) is 2.88. The molecule has 1 aromatic carbocycles. The van der Waals surface area contributed by atoms with Gasteiger partial charge in [-0.15, -0.1) is 0 Å². The maximum Gasteiger partial charge on any atom is 0.300 e. The van der Waals surface area contributed by atoms with Gasteiger partial charge in [-0.1, -0.05) is 18.2 Å². The Morgan fingerprint density at radius 3 is 2.39 bits per heavy atom. The highest BCUT2D eigenvalue weighted by Gasteiger charge is 2.17. The predicted molar refractivity (Wildman–Crippen MR) is 61.1 cm³/mol. The molecule has 92 valence electrons. The van der Waals surface area contributed by atoms with Gasteiger partial charge in [0.15, 0.2) is 0 Å². The molecule has 0 radical (unpaired) electrons. The van der Waals surface area contributed by atoms with Crippen LogP contribution in [0.25, 0.3) is 0 Å². The third-order valence-electron chi connectivity index (χ3n) is 2.18. The molecular formula is C13H9F2NO2. The summed E-state index contributed by atoms with van der Waals surface area (Å²) in [5.74, 6) is -0.418. The summed E-state index contributed by atoms with van der Waals surface area (Å²) in [7, 11) is 0. The number of ketones is 1. The van der Waals surface area contributed by atoms with E-state index in [-0.39, 0.29) is 11.4 Å². The summed E-state index contributed by atoms with van der Waals surface area (Å²) in [6, 6.07) is 11.5. The molecule has 0 unspecified atom stereocenters. The normalized spacial score (nSPS) is 10.4. The zero-order chi connectivity index (χ0) is 13.0. The second-order valence-electron chi connectivity index (χ2n) is 3.47. The minimum atomic E-state index is -3.02. The Labute approximate surface area is 102 Å². The highest BCUT2D eigenvalue weighted by Crippen LogP contribution is 2.19. The predicted octanol–water partition coefficient (Wildman–Crippen LogP) is 3.32. The molecule has 18 heavy (non-hydrogen) atoms. The summed E-state index contributed by atoms with van der Waals surface area (Å²) in [4.78, 5) is 14.8. The molecule has 0 bridgehead atoms. The van der Waals surface area contributed by atoms with Crippen LogP contribution in [0.3, 0.4) is 0 Å². The van der Waals surface area contributed by atoms with Gasteiger partial charge in [0.05, 0.1) is 0 Å². The van der Waals surface area contributed by atoms with Crippen LogP contribution in [0.1, 0.15) is 10.4 Å². The molecule has 0 N–H and O–H groups in total. The fraction of sp³-hybridized carbons (Fsp3) is 0.0769. The van der Waals surface area contributed by atoms with E-state index in [1.54, 1.807) is 24.3 Å². The molecular weight excluding hydrogens is 240 g/mol. The van der Waals surface area contributed by atoms with Crippen LogP contribution in [0.4, 0.5) is 8.78 Å². The minimum Gasteiger partial charge on any atom is -0.439 e. The standard InChI is InChI=1S/C13H9F2NO2/c14-13(15)12(17)9-6-7-11(16-8-9)18-10-4-2-1-3-5-10/h1-8,13H. The number of benzene rings is 1. The van der Waals surface area contributed by atoms with E-state index in [9.17, 15) is 13.6 Å². The molecule has 1 aromatic heterocycles. The van der Waals surface area contributed by atoms with Crippen molar-refractivity contribution in [3.8, 4) is 11.6 Å². The lowest BCUT2D eigenvalue weighted by atomic mass is 10.2. The number of Topliss-reactive ketones (excluding diaryl/α,β-unsaturated/α-hetero) is 1. The molecule has 0 aliphatic heterocycles. The Morgan fingerprint density at radius 1 is 1.11 bits per heavy atom. The molecule has 0 atom stereocenters. The van der Waals surface area contributed by atoms with Gasteiger partial charge in [-0.2, -0.15) is 0 Å². The number of hydrogen-bond acceptors (Lipinski definition) is 3. The topological polar surface area (TPSA) is 39.2 Å². The third-order valence-corrected chi connectivity index (χ3v) is 2.18. The van der Waals surface area contributed by atoms with Crippen molar-refractivity contribution in [3.05, 3.63) is 54.2 Å². The second kappa shape index (κ2) is 5.35. The first-order chi connectivity index (χ1) is 8.66. The number of pyridine rings is 1. The SMILES string of the molecule is O=C(c1ccc(Oc2ccccc2)nc1)C(F)F. The van der Waals surface area contributed by atoms with Crippen LogP contribution in [-0.4, -0.2) is 17.2 Å². The van der Waals surface area contributed by atoms with Gasteiger partial charge >= 0.3 is 6.43 Å². The smallest absolute Gasteiger partial charge is 0.300 e. The molecule has 0 fully saturated rings. The highest BCUT2D eigenvalue weighted by molar-refractivity contribution is 5.98. The maximum absolute atomic E-state index is 12.2. The fourth-order valence-electron chi connectivity index (χ4n) is 1.32. The summed E-state index contributed by atoms with van der Waals surface area (Å²) in [5.41, 5.74) is -0.134. The quantitative estimate of drug-likeness (QED) is 0.780. The summed E-state index contributed by atoms with van der Waals surface area (Å²) in [6.45, 7) is 0. The zero-order valence-electron chi connectivity index (χ0n) is 9.22. The van der Waals surface area contributed by atoms with Crippen LogP contribution in [-0.2, 0) is 0 Å². The Balaban J connectivity index is 2.11. The molecule has 0 spiro atoms. The van der Waals surface area contributed by atoms with Gasteiger partial charge in [0.25, 0.3) is 0 Å². The molecule has 1 heterocycles. The van der Waals surface area contributed by atoms with Gasteiger partial charge in [-0.25, -0.2) is 13.8 Å². The van der Waals surface area contributed by atoms with E-state index in [0.29, 0.717) is 5.75 Å². The number of aromatic nitrogens is 1. The van der Waals surface area contributed by atoms with Gasteiger partial charge in [0.1, 0.15) is 5.75 Å².